The second-order valence-corrected chi connectivity index (χ2v) is 5.06. The lowest BCUT2D eigenvalue weighted by Crippen LogP contribution is -2.35. The highest BCUT2D eigenvalue weighted by atomic mass is 19.1. The molecule has 3 heteroatoms. The second kappa shape index (κ2) is 5.50. The molecule has 96 valence electrons. The Morgan fingerprint density at radius 2 is 1.76 bits per heavy atom. The van der Waals surface area contributed by atoms with Crippen molar-refractivity contribution in [2.75, 3.05) is 11.9 Å². The summed E-state index contributed by atoms with van der Waals surface area (Å²) in [5, 5.41) is 0. The van der Waals surface area contributed by atoms with Gasteiger partial charge in [0, 0.05) is 19.1 Å². The van der Waals surface area contributed by atoms with Crippen LogP contribution >= 0.6 is 0 Å². The molecule has 1 aromatic carbocycles. The van der Waals surface area contributed by atoms with Crippen molar-refractivity contribution in [1.29, 1.82) is 0 Å². The molecule has 2 N–H and O–H groups in total. The molecule has 0 aliphatic heterocycles. The number of anilines is 1. The van der Waals surface area contributed by atoms with Crippen LogP contribution in [0.15, 0.2) is 18.2 Å². The fraction of sp³-hybridized carbons (Fsp3) is 0.571. The first-order chi connectivity index (χ1) is 7.86. The third-order valence-corrected chi connectivity index (χ3v) is 3.44. The zero-order valence-electron chi connectivity index (χ0n) is 11.4. The predicted molar refractivity (Wildman–Crippen MR) is 71.7 cm³/mol. The Hall–Kier alpha value is -1.09. The molecule has 17 heavy (non-hydrogen) atoms. The molecule has 0 bridgehead atoms. The van der Waals surface area contributed by atoms with E-state index >= 15 is 0 Å². The molecule has 0 aliphatic carbocycles. The van der Waals surface area contributed by atoms with Crippen LogP contribution < -0.4 is 10.6 Å². The zero-order chi connectivity index (χ0) is 13.2. The van der Waals surface area contributed by atoms with Gasteiger partial charge in [0.25, 0.3) is 0 Å². The Morgan fingerprint density at radius 1 is 1.18 bits per heavy atom. The van der Waals surface area contributed by atoms with Crippen molar-refractivity contribution in [1.82, 2.24) is 0 Å². The normalized spacial score (nSPS) is 14.8. The molecule has 0 fully saturated rings. The fourth-order valence-corrected chi connectivity index (χ4v) is 1.92. The lowest BCUT2D eigenvalue weighted by atomic mass is 10.0. The van der Waals surface area contributed by atoms with E-state index < -0.39 is 0 Å². The van der Waals surface area contributed by atoms with Crippen LogP contribution in [-0.4, -0.2) is 13.1 Å². The lowest BCUT2D eigenvalue weighted by molar-refractivity contribution is 0.495. The molecule has 2 atom stereocenters. The topological polar surface area (TPSA) is 29.3 Å². The zero-order valence-corrected chi connectivity index (χ0v) is 11.4. The van der Waals surface area contributed by atoms with E-state index in [0.29, 0.717) is 11.6 Å². The van der Waals surface area contributed by atoms with Crippen molar-refractivity contribution >= 4 is 5.69 Å². The number of nitrogens with two attached hydrogens (primary N) is 1. The molecular formula is C14H23FN2. The van der Waals surface area contributed by atoms with Crippen molar-refractivity contribution in [3.8, 4) is 0 Å². The number of benzene rings is 1. The Morgan fingerprint density at radius 3 is 2.24 bits per heavy atom. The smallest absolute Gasteiger partial charge is 0.146 e. The van der Waals surface area contributed by atoms with Crippen LogP contribution in [0.2, 0.25) is 0 Å². The van der Waals surface area contributed by atoms with E-state index in [-0.39, 0.29) is 17.9 Å². The van der Waals surface area contributed by atoms with E-state index in [2.05, 4.69) is 20.8 Å². The molecule has 1 aromatic rings. The van der Waals surface area contributed by atoms with Crippen LogP contribution in [0.25, 0.3) is 0 Å². The van der Waals surface area contributed by atoms with Crippen LogP contribution in [0.5, 0.6) is 0 Å². The summed E-state index contributed by atoms with van der Waals surface area (Å²) in [4.78, 5) is 1.98. The van der Waals surface area contributed by atoms with Crippen LogP contribution in [0.3, 0.4) is 0 Å². The fourth-order valence-electron chi connectivity index (χ4n) is 1.92. The average molecular weight is 238 g/mol. The van der Waals surface area contributed by atoms with E-state index in [1.165, 1.54) is 6.07 Å². The number of halogens is 1. The lowest BCUT2D eigenvalue weighted by Gasteiger charge is -2.32. The summed E-state index contributed by atoms with van der Waals surface area (Å²) in [6, 6.07) is 5.20. The van der Waals surface area contributed by atoms with Gasteiger partial charge in [-0.05, 0) is 31.4 Å². The van der Waals surface area contributed by atoms with Gasteiger partial charge in [0.1, 0.15) is 5.82 Å². The standard InChI is InChI=1S/C14H23FN2/c1-9(2)11(4)17(5)14-12(10(3)16)7-6-8-13(14)15/h6-11H,16H2,1-5H3/t10-,11?/m1/s1. The van der Waals surface area contributed by atoms with Crippen LogP contribution in [-0.2, 0) is 0 Å². The van der Waals surface area contributed by atoms with Gasteiger partial charge in [-0.2, -0.15) is 0 Å². The van der Waals surface area contributed by atoms with Crippen LogP contribution in [0.4, 0.5) is 10.1 Å². The molecule has 0 saturated carbocycles. The summed E-state index contributed by atoms with van der Waals surface area (Å²) in [7, 11) is 1.93. The summed E-state index contributed by atoms with van der Waals surface area (Å²) in [6.45, 7) is 8.25. The second-order valence-electron chi connectivity index (χ2n) is 5.06. The largest absolute Gasteiger partial charge is 0.369 e. The third kappa shape index (κ3) is 2.97. The van der Waals surface area contributed by atoms with Gasteiger partial charge in [-0.1, -0.05) is 26.0 Å². The number of hydrogen-bond donors (Lipinski definition) is 1. The third-order valence-electron chi connectivity index (χ3n) is 3.44. The van der Waals surface area contributed by atoms with Gasteiger partial charge in [-0.3, -0.25) is 0 Å². The summed E-state index contributed by atoms with van der Waals surface area (Å²) >= 11 is 0. The van der Waals surface area contributed by atoms with Gasteiger partial charge in [0.15, 0.2) is 0 Å². The van der Waals surface area contributed by atoms with Crippen molar-refractivity contribution in [3.63, 3.8) is 0 Å². The van der Waals surface area contributed by atoms with Gasteiger partial charge >= 0.3 is 0 Å². The van der Waals surface area contributed by atoms with E-state index in [1.54, 1.807) is 6.07 Å². The number of hydrogen-bond acceptors (Lipinski definition) is 2. The Kier molecular flexibility index (Phi) is 4.52. The van der Waals surface area contributed by atoms with Gasteiger partial charge in [-0.25, -0.2) is 4.39 Å². The first-order valence-corrected chi connectivity index (χ1v) is 6.13. The van der Waals surface area contributed by atoms with Gasteiger partial charge in [-0.15, -0.1) is 0 Å². The number of nitrogens with zero attached hydrogens (tertiary/aromatic N) is 1. The molecule has 0 amide bonds. The number of para-hydroxylation sites is 1. The summed E-state index contributed by atoms with van der Waals surface area (Å²) in [5.74, 6) is 0.260. The van der Waals surface area contributed by atoms with Crippen molar-refractivity contribution in [2.45, 2.75) is 39.8 Å². The minimum absolute atomic E-state index is 0.164. The predicted octanol–water partition coefficient (Wildman–Crippen LogP) is 3.33. The van der Waals surface area contributed by atoms with Crippen LogP contribution in [0.1, 0.15) is 39.3 Å². The Labute approximate surface area is 104 Å². The monoisotopic (exact) mass is 238 g/mol. The Balaban J connectivity index is 3.20. The first-order valence-electron chi connectivity index (χ1n) is 6.13. The highest BCUT2D eigenvalue weighted by Gasteiger charge is 2.20. The quantitative estimate of drug-likeness (QED) is 0.871. The first kappa shape index (κ1) is 14.0. The molecule has 0 aliphatic rings. The highest BCUT2D eigenvalue weighted by Crippen LogP contribution is 2.30. The van der Waals surface area contributed by atoms with Crippen molar-refractivity contribution in [3.05, 3.63) is 29.6 Å². The van der Waals surface area contributed by atoms with E-state index in [9.17, 15) is 4.39 Å². The minimum Gasteiger partial charge on any atom is -0.369 e. The van der Waals surface area contributed by atoms with Gasteiger partial charge in [0.2, 0.25) is 0 Å². The molecule has 0 saturated heterocycles. The highest BCUT2D eigenvalue weighted by molar-refractivity contribution is 5.56. The summed E-state index contributed by atoms with van der Waals surface area (Å²) in [5.41, 5.74) is 7.39. The maximum atomic E-state index is 14.0. The van der Waals surface area contributed by atoms with E-state index in [4.69, 9.17) is 5.73 Å². The van der Waals surface area contributed by atoms with Crippen LogP contribution in [0, 0.1) is 11.7 Å². The summed E-state index contributed by atoms with van der Waals surface area (Å²) in [6.07, 6.45) is 0. The molecule has 0 spiro atoms. The number of rotatable bonds is 4. The Bertz CT molecular complexity index is 374. The molecule has 0 radical (unpaired) electrons. The molecule has 0 heterocycles. The van der Waals surface area contributed by atoms with Gasteiger partial charge < -0.3 is 10.6 Å². The molecule has 0 aromatic heterocycles. The average Bonchev–Trinajstić information content (AvgIpc) is 2.26. The maximum absolute atomic E-state index is 14.0. The molecule has 1 unspecified atom stereocenters. The maximum Gasteiger partial charge on any atom is 0.146 e. The minimum atomic E-state index is -0.199. The molecule has 2 nitrogen and oxygen atoms in total. The van der Waals surface area contributed by atoms with Gasteiger partial charge in [0.05, 0.1) is 5.69 Å². The SMILES string of the molecule is CC(C)C(C)N(C)c1c(F)cccc1[C@@H](C)N. The molecular weight excluding hydrogens is 215 g/mol. The van der Waals surface area contributed by atoms with E-state index in [0.717, 1.165) is 5.56 Å². The van der Waals surface area contributed by atoms with Crippen molar-refractivity contribution in [2.24, 2.45) is 11.7 Å². The summed E-state index contributed by atoms with van der Waals surface area (Å²) < 4.78 is 14.0. The van der Waals surface area contributed by atoms with Crippen molar-refractivity contribution < 1.29 is 4.39 Å². The molecule has 1 rings (SSSR count). The van der Waals surface area contributed by atoms with E-state index in [1.807, 2.05) is 24.9 Å².